The van der Waals surface area contributed by atoms with Gasteiger partial charge in [0.2, 0.25) is 0 Å². The molecule has 1 N–H and O–H groups in total. The minimum atomic E-state index is -2.93. The van der Waals surface area contributed by atoms with Crippen LogP contribution in [0.2, 0.25) is 0 Å². The summed E-state index contributed by atoms with van der Waals surface area (Å²) >= 11 is 0. The van der Waals surface area contributed by atoms with E-state index in [1.54, 1.807) is 6.07 Å². The lowest BCUT2D eigenvalue weighted by Crippen LogP contribution is -2.32. The number of benzene rings is 1. The van der Waals surface area contributed by atoms with E-state index in [1.165, 1.54) is 12.1 Å². The normalized spacial score (nSPS) is 20.3. The van der Waals surface area contributed by atoms with Crippen molar-refractivity contribution in [1.29, 1.82) is 0 Å². The molecule has 0 aliphatic carbocycles. The highest BCUT2D eigenvalue weighted by Gasteiger charge is 2.30. The lowest BCUT2D eigenvalue weighted by molar-refractivity contribution is 0.253. The van der Waals surface area contributed by atoms with Gasteiger partial charge in [0.1, 0.15) is 12.4 Å². The molecule has 1 aromatic carbocycles. The van der Waals surface area contributed by atoms with Gasteiger partial charge in [-0.3, -0.25) is 4.90 Å². The van der Waals surface area contributed by atoms with Crippen molar-refractivity contribution >= 4 is 9.84 Å². The van der Waals surface area contributed by atoms with Crippen molar-refractivity contribution in [3.8, 4) is 11.8 Å². The van der Waals surface area contributed by atoms with Crippen LogP contribution in [0.5, 0.6) is 0 Å². The summed E-state index contributed by atoms with van der Waals surface area (Å²) in [6.07, 6.45) is 0.616. The molecule has 0 spiro atoms. The summed E-state index contributed by atoms with van der Waals surface area (Å²) in [7, 11) is -1.08. The molecule has 1 aliphatic rings. The largest absolute Gasteiger partial charge is 0.384 e. The van der Waals surface area contributed by atoms with Crippen molar-refractivity contribution in [3.63, 3.8) is 0 Å². The Morgan fingerprint density at radius 2 is 2.19 bits per heavy atom. The number of aliphatic hydroxyl groups is 1. The van der Waals surface area contributed by atoms with Crippen molar-refractivity contribution in [2.75, 3.05) is 25.2 Å². The Morgan fingerprint density at radius 3 is 2.81 bits per heavy atom. The highest BCUT2D eigenvalue weighted by molar-refractivity contribution is 7.91. The molecular weight excluding hydrogens is 293 g/mol. The molecule has 1 aromatic rings. The first-order chi connectivity index (χ1) is 9.89. The number of hydrogen-bond acceptors (Lipinski definition) is 4. The molecule has 0 saturated carbocycles. The second-order valence-corrected chi connectivity index (χ2v) is 7.51. The molecule has 1 fully saturated rings. The van der Waals surface area contributed by atoms with Crippen molar-refractivity contribution in [3.05, 3.63) is 35.1 Å². The number of nitrogens with zero attached hydrogens (tertiary/aromatic N) is 1. The molecule has 0 amide bonds. The molecule has 21 heavy (non-hydrogen) atoms. The quantitative estimate of drug-likeness (QED) is 0.839. The van der Waals surface area contributed by atoms with E-state index in [9.17, 15) is 12.8 Å². The summed E-state index contributed by atoms with van der Waals surface area (Å²) in [4.78, 5) is 1.93. The van der Waals surface area contributed by atoms with Crippen LogP contribution in [0.15, 0.2) is 18.2 Å². The Kier molecular flexibility index (Phi) is 4.99. The molecule has 6 heteroatoms. The van der Waals surface area contributed by atoms with Crippen LogP contribution in [0.4, 0.5) is 4.39 Å². The van der Waals surface area contributed by atoms with Crippen molar-refractivity contribution < 1.29 is 17.9 Å². The standard InChI is InChI=1S/C15H18FNO3S/c1-17(15-4-6-21(19,20)11-15)10-13-7-12(3-2-5-18)8-14(16)9-13/h7-9,15,18H,4-6,10-11H2,1H3. The van der Waals surface area contributed by atoms with E-state index in [4.69, 9.17) is 5.11 Å². The Labute approximate surface area is 124 Å². The molecule has 0 bridgehead atoms. The Bertz CT molecular complexity index is 676. The van der Waals surface area contributed by atoms with Gasteiger partial charge < -0.3 is 5.11 Å². The molecule has 4 nitrogen and oxygen atoms in total. The number of hydrogen-bond donors (Lipinski definition) is 1. The molecule has 1 unspecified atom stereocenters. The topological polar surface area (TPSA) is 57.6 Å². The van der Waals surface area contributed by atoms with E-state index in [2.05, 4.69) is 11.8 Å². The molecule has 1 heterocycles. The highest BCUT2D eigenvalue weighted by atomic mass is 32.2. The summed E-state index contributed by atoms with van der Waals surface area (Å²) in [5.74, 6) is 5.16. The van der Waals surface area contributed by atoms with E-state index in [1.807, 2.05) is 11.9 Å². The van der Waals surface area contributed by atoms with Gasteiger partial charge in [-0.2, -0.15) is 0 Å². The maximum atomic E-state index is 13.6. The third-order valence-corrected chi connectivity index (χ3v) is 5.28. The molecule has 0 radical (unpaired) electrons. The van der Waals surface area contributed by atoms with Crippen LogP contribution >= 0.6 is 0 Å². The van der Waals surface area contributed by atoms with Gasteiger partial charge in [-0.1, -0.05) is 11.8 Å². The van der Waals surface area contributed by atoms with E-state index in [0.717, 1.165) is 5.56 Å². The first-order valence-corrected chi connectivity index (χ1v) is 8.51. The van der Waals surface area contributed by atoms with Crippen LogP contribution in [-0.4, -0.2) is 49.6 Å². The Hall–Kier alpha value is -1.42. The minimum Gasteiger partial charge on any atom is -0.384 e. The van der Waals surface area contributed by atoms with Crippen LogP contribution in [-0.2, 0) is 16.4 Å². The summed E-state index contributed by atoms with van der Waals surface area (Å²) in [6, 6.07) is 4.47. The first-order valence-electron chi connectivity index (χ1n) is 6.69. The predicted molar refractivity (Wildman–Crippen MR) is 78.9 cm³/mol. The smallest absolute Gasteiger partial charge is 0.151 e. The van der Waals surface area contributed by atoms with Gasteiger partial charge in [-0.25, -0.2) is 12.8 Å². The minimum absolute atomic E-state index is 0.0229. The van der Waals surface area contributed by atoms with Gasteiger partial charge in [-0.15, -0.1) is 0 Å². The lowest BCUT2D eigenvalue weighted by atomic mass is 10.1. The second kappa shape index (κ2) is 6.56. The molecule has 1 saturated heterocycles. The number of rotatable bonds is 3. The third kappa shape index (κ3) is 4.53. The maximum Gasteiger partial charge on any atom is 0.151 e. The lowest BCUT2D eigenvalue weighted by Gasteiger charge is -2.23. The van der Waals surface area contributed by atoms with E-state index in [-0.39, 0.29) is 30.0 Å². The highest BCUT2D eigenvalue weighted by Crippen LogP contribution is 2.19. The van der Waals surface area contributed by atoms with Gasteiger partial charge in [0.25, 0.3) is 0 Å². The zero-order valence-corrected chi connectivity index (χ0v) is 12.7. The average molecular weight is 311 g/mol. The fourth-order valence-corrected chi connectivity index (χ4v) is 4.30. The van der Waals surface area contributed by atoms with Gasteiger partial charge in [0.15, 0.2) is 9.84 Å². The van der Waals surface area contributed by atoms with Crippen LogP contribution in [0.1, 0.15) is 17.5 Å². The maximum absolute atomic E-state index is 13.6. The molecule has 1 atom stereocenters. The zero-order valence-electron chi connectivity index (χ0n) is 11.8. The first kappa shape index (κ1) is 16.0. The molecule has 114 valence electrons. The summed E-state index contributed by atoms with van der Waals surface area (Å²) in [5, 5.41) is 8.67. The van der Waals surface area contributed by atoms with Crippen LogP contribution in [0, 0.1) is 17.7 Å². The third-order valence-electron chi connectivity index (χ3n) is 3.53. The SMILES string of the molecule is CN(Cc1cc(F)cc(C#CCO)c1)C1CCS(=O)(=O)C1. The van der Waals surface area contributed by atoms with Crippen molar-refractivity contribution in [2.24, 2.45) is 0 Å². The van der Waals surface area contributed by atoms with Crippen LogP contribution < -0.4 is 0 Å². The molecule has 1 aliphatic heterocycles. The van der Waals surface area contributed by atoms with E-state index >= 15 is 0 Å². The van der Waals surface area contributed by atoms with Crippen molar-refractivity contribution in [2.45, 2.75) is 19.0 Å². The van der Waals surface area contributed by atoms with Gasteiger partial charge >= 0.3 is 0 Å². The summed E-state index contributed by atoms with van der Waals surface area (Å²) < 4.78 is 36.6. The monoisotopic (exact) mass is 311 g/mol. The van der Waals surface area contributed by atoms with Gasteiger partial charge in [-0.05, 0) is 37.2 Å². The number of sulfone groups is 1. The van der Waals surface area contributed by atoms with E-state index < -0.39 is 9.84 Å². The second-order valence-electron chi connectivity index (χ2n) is 5.28. The fraction of sp³-hybridized carbons (Fsp3) is 0.467. The molecular formula is C15H18FNO3S. The predicted octanol–water partition coefficient (Wildman–Crippen LogP) is 0.788. The average Bonchev–Trinajstić information content (AvgIpc) is 2.76. The zero-order chi connectivity index (χ0) is 15.5. The number of aliphatic hydroxyl groups excluding tert-OH is 1. The summed E-state index contributed by atoms with van der Waals surface area (Å²) in [6.45, 7) is 0.192. The van der Waals surface area contributed by atoms with Crippen LogP contribution in [0.25, 0.3) is 0 Å². The molecule has 0 aromatic heterocycles. The summed E-state index contributed by atoms with van der Waals surface area (Å²) in [5.41, 5.74) is 1.25. The van der Waals surface area contributed by atoms with Crippen LogP contribution in [0.3, 0.4) is 0 Å². The van der Waals surface area contributed by atoms with Crippen molar-refractivity contribution in [1.82, 2.24) is 4.90 Å². The van der Waals surface area contributed by atoms with Gasteiger partial charge in [0, 0.05) is 18.2 Å². The Morgan fingerprint density at radius 1 is 1.43 bits per heavy atom. The van der Waals surface area contributed by atoms with Gasteiger partial charge in [0.05, 0.1) is 11.5 Å². The fourth-order valence-electron chi connectivity index (χ4n) is 2.50. The Balaban J connectivity index is 2.10. The molecule has 2 rings (SSSR count). The van der Waals surface area contributed by atoms with E-state index in [0.29, 0.717) is 18.5 Å². The number of halogens is 1.